The molecule has 0 bridgehead atoms. The van der Waals surface area contributed by atoms with Crippen molar-refractivity contribution in [3.05, 3.63) is 16.1 Å². The maximum absolute atomic E-state index is 11.9. The second-order valence-corrected chi connectivity index (χ2v) is 5.15. The summed E-state index contributed by atoms with van der Waals surface area (Å²) in [5.74, 6) is -0.934. The smallest absolute Gasteiger partial charge is 0.326 e. The van der Waals surface area contributed by atoms with Gasteiger partial charge in [0, 0.05) is 11.4 Å². The third kappa shape index (κ3) is 2.61. The Morgan fingerprint density at radius 2 is 2.44 bits per heavy atom. The summed E-state index contributed by atoms with van der Waals surface area (Å²) in [5.41, 5.74) is 2.63. The summed E-state index contributed by atoms with van der Waals surface area (Å²) in [7, 11) is 0. The Bertz CT molecular complexity index is 460. The molecule has 1 aliphatic rings. The number of carbonyl (C=O) groups is 2. The van der Waals surface area contributed by atoms with Crippen LogP contribution in [0.3, 0.4) is 0 Å². The average Bonchev–Trinajstić information content (AvgIpc) is 2.94. The molecule has 1 aromatic heterocycles. The van der Waals surface area contributed by atoms with E-state index in [1.165, 1.54) is 16.2 Å². The zero-order valence-corrected chi connectivity index (χ0v) is 10.9. The predicted octanol–water partition coefficient (Wildman–Crippen LogP) is 1.21. The van der Waals surface area contributed by atoms with Gasteiger partial charge in [-0.3, -0.25) is 0 Å². The van der Waals surface area contributed by atoms with Crippen molar-refractivity contribution >= 4 is 23.3 Å². The van der Waals surface area contributed by atoms with Crippen molar-refractivity contribution in [2.24, 2.45) is 0 Å². The van der Waals surface area contributed by atoms with Gasteiger partial charge in [-0.2, -0.15) is 0 Å². The van der Waals surface area contributed by atoms with Crippen LogP contribution in [0, 0.1) is 6.92 Å². The summed E-state index contributed by atoms with van der Waals surface area (Å²) in [6.45, 7) is 2.79. The van der Waals surface area contributed by atoms with E-state index in [2.05, 4.69) is 10.3 Å². The molecular formula is C11H15N3O3S. The lowest BCUT2D eigenvalue weighted by molar-refractivity contribution is -0.141. The van der Waals surface area contributed by atoms with Gasteiger partial charge >= 0.3 is 12.0 Å². The number of thiazole rings is 1. The van der Waals surface area contributed by atoms with E-state index in [0.29, 0.717) is 19.5 Å². The fourth-order valence-corrected chi connectivity index (χ4v) is 2.74. The first kappa shape index (κ1) is 12.8. The Labute approximate surface area is 109 Å². The van der Waals surface area contributed by atoms with Crippen molar-refractivity contribution in [1.29, 1.82) is 0 Å². The molecule has 1 fully saturated rings. The number of rotatable bonds is 3. The molecule has 0 aromatic carbocycles. The number of amides is 2. The van der Waals surface area contributed by atoms with Gasteiger partial charge in [0.15, 0.2) is 0 Å². The molecule has 0 radical (unpaired) electrons. The molecule has 0 spiro atoms. The number of likely N-dealkylation sites (tertiary alicyclic amines) is 1. The Hall–Kier alpha value is -1.63. The number of nitrogens with zero attached hydrogens (tertiary/aromatic N) is 2. The highest BCUT2D eigenvalue weighted by Gasteiger charge is 2.33. The number of carboxylic acid groups (broad SMARTS) is 1. The fourth-order valence-electron chi connectivity index (χ4n) is 2.02. The van der Waals surface area contributed by atoms with E-state index in [-0.39, 0.29) is 6.03 Å². The minimum Gasteiger partial charge on any atom is -0.480 e. The molecule has 18 heavy (non-hydrogen) atoms. The SMILES string of the molecule is Cc1ncsc1CNC(=O)N1CCC[C@@H]1C(=O)O. The lowest BCUT2D eigenvalue weighted by Gasteiger charge is -2.21. The van der Waals surface area contributed by atoms with Gasteiger partial charge in [-0.05, 0) is 19.8 Å². The third-order valence-electron chi connectivity index (χ3n) is 3.04. The first-order valence-electron chi connectivity index (χ1n) is 5.76. The molecule has 2 rings (SSSR count). The van der Waals surface area contributed by atoms with Gasteiger partial charge in [0.1, 0.15) is 6.04 Å². The molecule has 0 aliphatic carbocycles. The highest BCUT2D eigenvalue weighted by atomic mass is 32.1. The van der Waals surface area contributed by atoms with E-state index in [0.717, 1.165) is 17.0 Å². The predicted molar refractivity (Wildman–Crippen MR) is 66.5 cm³/mol. The average molecular weight is 269 g/mol. The van der Waals surface area contributed by atoms with Crippen LogP contribution >= 0.6 is 11.3 Å². The Kier molecular flexibility index (Phi) is 3.81. The third-order valence-corrected chi connectivity index (χ3v) is 3.98. The summed E-state index contributed by atoms with van der Waals surface area (Å²) < 4.78 is 0. The van der Waals surface area contributed by atoms with Gasteiger partial charge in [0.05, 0.1) is 17.7 Å². The number of aryl methyl sites for hydroxylation is 1. The lowest BCUT2D eigenvalue weighted by atomic mass is 10.2. The molecule has 2 heterocycles. The van der Waals surface area contributed by atoms with E-state index < -0.39 is 12.0 Å². The Morgan fingerprint density at radius 3 is 3.06 bits per heavy atom. The van der Waals surface area contributed by atoms with Gasteiger partial charge in [-0.15, -0.1) is 11.3 Å². The highest BCUT2D eigenvalue weighted by molar-refractivity contribution is 7.09. The normalized spacial score (nSPS) is 18.9. The second kappa shape index (κ2) is 5.34. The molecule has 0 saturated carbocycles. The quantitative estimate of drug-likeness (QED) is 0.864. The summed E-state index contributed by atoms with van der Waals surface area (Å²) in [6, 6.07) is -1.000. The van der Waals surface area contributed by atoms with Gasteiger partial charge in [-0.1, -0.05) is 0 Å². The minimum absolute atomic E-state index is 0.312. The molecule has 7 heteroatoms. The van der Waals surface area contributed by atoms with Gasteiger partial charge < -0.3 is 15.3 Å². The zero-order chi connectivity index (χ0) is 13.1. The molecule has 6 nitrogen and oxygen atoms in total. The number of urea groups is 1. The monoisotopic (exact) mass is 269 g/mol. The van der Waals surface area contributed by atoms with Gasteiger partial charge in [0.2, 0.25) is 0 Å². The summed E-state index contributed by atoms with van der Waals surface area (Å²) in [5, 5.41) is 11.7. The molecule has 1 aromatic rings. The summed E-state index contributed by atoms with van der Waals surface area (Å²) in [4.78, 5) is 29.4. The maximum atomic E-state index is 11.9. The number of carbonyl (C=O) groups excluding carboxylic acids is 1. The van der Waals surface area contributed by atoms with E-state index in [4.69, 9.17) is 5.11 Å². The topological polar surface area (TPSA) is 82.5 Å². The molecule has 1 aliphatic heterocycles. The Morgan fingerprint density at radius 1 is 1.67 bits per heavy atom. The molecule has 0 unspecified atom stereocenters. The van der Waals surface area contributed by atoms with Crippen molar-refractivity contribution < 1.29 is 14.7 Å². The minimum atomic E-state index is -0.934. The molecule has 1 saturated heterocycles. The first-order chi connectivity index (χ1) is 8.59. The summed E-state index contributed by atoms with van der Waals surface area (Å²) >= 11 is 1.48. The molecule has 2 amide bonds. The van der Waals surface area contributed by atoms with Crippen LogP contribution in [-0.2, 0) is 11.3 Å². The van der Waals surface area contributed by atoms with Crippen LogP contribution in [0.5, 0.6) is 0 Å². The number of nitrogens with one attached hydrogen (secondary N) is 1. The largest absolute Gasteiger partial charge is 0.480 e. The number of aromatic nitrogens is 1. The van der Waals surface area contributed by atoms with Crippen LogP contribution in [0.2, 0.25) is 0 Å². The first-order valence-corrected chi connectivity index (χ1v) is 6.64. The van der Waals surface area contributed by atoms with Crippen LogP contribution in [0.25, 0.3) is 0 Å². The molecular weight excluding hydrogens is 254 g/mol. The highest BCUT2D eigenvalue weighted by Crippen LogP contribution is 2.18. The van der Waals surface area contributed by atoms with Gasteiger partial charge in [-0.25, -0.2) is 14.6 Å². The molecule has 2 N–H and O–H groups in total. The second-order valence-electron chi connectivity index (χ2n) is 4.21. The maximum Gasteiger partial charge on any atom is 0.326 e. The zero-order valence-electron chi connectivity index (χ0n) is 10.0. The van der Waals surface area contributed by atoms with Crippen LogP contribution in [0.15, 0.2) is 5.51 Å². The lowest BCUT2D eigenvalue weighted by Crippen LogP contribution is -2.45. The van der Waals surface area contributed by atoms with Crippen LogP contribution < -0.4 is 5.32 Å². The van der Waals surface area contributed by atoms with Crippen molar-refractivity contribution in [3.8, 4) is 0 Å². The Balaban J connectivity index is 1.92. The van der Waals surface area contributed by atoms with Crippen LogP contribution in [-0.4, -0.2) is 39.6 Å². The fraction of sp³-hybridized carbons (Fsp3) is 0.545. The summed E-state index contributed by atoms with van der Waals surface area (Å²) in [6.07, 6.45) is 1.27. The van der Waals surface area contributed by atoms with E-state index in [1.807, 2.05) is 6.92 Å². The van der Waals surface area contributed by atoms with Crippen molar-refractivity contribution in [1.82, 2.24) is 15.2 Å². The van der Waals surface area contributed by atoms with E-state index >= 15 is 0 Å². The number of aliphatic carboxylic acids is 1. The van der Waals surface area contributed by atoms with Crippen LogP contribution in [0.1, 0.15) is 23.4 Å². The number of carboxylic acids is 1. The van der Waals surface area contributed by atoms with Crippen LogP contribution in [0.4, 0.5) is 4.79 Å². The molecule has 1 atom stereocenters. The van der Waals surface area contributed by atoms with Crippen molar-refractivity contribution in [2.45, 2.75) is 32.4 Å². The number of hydrogen-bond donors (Lipinski definition) is 2. The number of hydrogen-bond acceptors (Lipinski definition) is 4. The van der Waals surface area contributed by atoms with Crippen molar-refractivity contribution in [3.63, 3.8) is 0 Å². The van der Waals surface area contributed by atoms with E-state index in [9.17, 15) is 9.59 Å². The van der Waals surface area contributed by atoms with Gasteiger partial charge in [0.25, 0.3) is 0 Å². The molecule has 98 valence electrons. The van der Waals surface area contributed by atoms with E-state index in [1.54, 1.807) is 5.51 Å². The standard InChI is InChI=1S/C11H15N3O3S/c1-7-9(18-6-13-7)5-12-11(17)14-4-2-3-8(14)10(15)16/h6,8H,2-5H2,1H3,(H,12,17)(H,15,16)/t8-/m1/s1. The van der Waals surface area contributed by atoms with Crippen molar-refractivity contribution in [2.75, 3.05) is 6.54 Å².